The molecular formula is C24H39N5O5. The molecule has 0 saturated heterocycles. The van der Waals surface area contributed by atoms with Crippen molar-refractivity contribution in [1.29, 1.82) is 0 Å². The third kappa shape index (κ3) is 10.9. The maximum Gasteiger partial charge on any atom is 0.336 e. The molecule has 1 heterocycles. The van der Waals surface area contributed by atoms with Crippen LogP contribution < -0.4 is 17.1 Å². The molecule has 0 spiro atoms. The highest BCUT2D eigenvalue weighted by Gasteiger charge is 2.15. The average Bonchev–Trinajstić information content (AvgIpc) is 2.83. The molecule has 0 amide bonds. The van der Waals surface area contributed by atoms with Gasteiger partial charge in [0, 0.05) is 19.6 Å². The molecule has 1 aromatic heterocycles. The molecule has 0 aliphatic heterocycles. The van der Waals surface area contributed by atoms with E-state index >= 15 is 0 Å². The lowest BCUT2D eigenvalue weighted by molar-refractivity contribution is 0.412. The summed E-state index contributed by atoms with van der Waals surface area (Å²) in [6.45, 7) is 3.82. The van der Waals surface area contributed by atoms with Crippen molar-refractivity contribution in [1.82, 2.24) is 13.7 Å². The molecule has 0 aliphatic carbocycles. The van der Waals surface area contributed by atoms with E-state index in [-0.39, 0.29) is 13.1 Å². The molecule has 10 heteroatoms. The zero-order chi connectivity index (χ0) is 25.0. The van der Waals surface area contributed by atoms with Crippen LogP contribution in [-0.4, -0.2) is 39.0 Å². The Morgan fingerprint density at radius 1 is 0.529 bits per heavy atom. The van der Waals surface area contributed by atoms with Crippen LogP contribution >= 0.6 is 0 Å². The first-order valence-electron chi connectivity index (χ1n) is 12.6. The fraction of sp³-hybridized carbons (Fsp3) is 0.792. The van der Waals surface area contributed by atoms with Crippen LogP contribution in [0.4, 0.5) is 0 Å². The average molecular weight is 478 g/mol. The summed E-state index contributed by atoms with van der Waals surface area (Å²) in [5, 5.41) is 0. The normalized spacial score (nSPS) is 10.6. The zero-order valence-corrected chi connectivity index (χ0v) is 20.5. The molecule has 0 bridgehead atoms. The van der Waals surface area contributed by atoms with Gasteiger partial charge in [0.25, 0.3) is 0 Å². The molecular weight excluding hydrogens is 438 g/mol. The van der Waals surface area contributed by atoms with Gasteiger partial charge in [-0.25, -0.2) is 47.7 Å². The smallest absolute Gasteiger partial charge is 0.247 e. The van der Waals surface area contributed by atoms with Gasteiger partial charge in [0.05, 0.1) is 13.1 Å². The lowest BCUT2D eigenvalue weighted by atomic mass is 10.1. The largest absolute Gasteiger partial charge is 0.336 e. The molecule has 10 nitrogen and oxygen atoms in total. The highest BCUT2D eigenvalue weighted by Crippen LogP contribution is 2.04. The van der Waals surface area contributed by atoms with Gasteiger partial charge in [0.2, 0.25) is 12.2 Å². The summed E-state index contributed by atoms with van der Waals surface area (Å²) in [6.07, 6.45) is 14.0. The summed E-state index contributed by atoms with van der Waals surface area (Å²) in [6, 6.07) is 0. The van der Waals surface area contributed by atoms with Gasteiger partial charge in [-0.1, -0.05) is 58.3 Å². The maximum atomic E-state index is 13.0. The quantitative estimate of drug-likeness (QED) is 0.162. The number of hydrogen-bond acceptors (Lipinski definition) is 7. The number of isocyanates is 2. The van der Waals surface area contributed by atoms with Crippen LogP contribution in [0, 0.1) is 0 Å². The van der Waals surface area contributed by atoms with Crippen molar-refractivity contribution in [2.45, 2.75) is 110 Å². The van der Waals surface area contributed by atoms with E-state index in [1.165, 1.54) is 25.9 Å². The summed E-state index contributed by atoms with van der Waals surface area (Å²) < 4.78 is 3.59. The summed E-state index contributed by atoms with van der Waals surface area (Å²) in [4.78, 5) is 66.2. The van der Waals surface area contributed by atoms with Crippen molar-refractivity contribution in [3.63, 3.8) is 0 Å². The number of nitrogens with zero attached hydrogens (tertiary/aromatic N) is 5. The topological polar surface area (TPSA) is 125 Å². The Balaban J connectivity index is 2.90. The fourth-order valence-corrected chi connectivity index (χ4v) is 3.85. The maximum absolute atomic E-state index is 13.0. The SMILES string of the molecule is CCCCCCCn1c(=O)n(CCCCCCN=C=O)c(=O)n(CCCCCCN=C=O)c1=O. The van der Waals surface area contributed by atoms with Crippen molar-refractivity contribution < 1.29 is 9.59 Å². The van der Waals surface area contributed by atoms with Crippen LogP contribution in [0.2, 0.25) is 0 Å². The molecule has 190 valence electrons. The molecule has 0 atom stereocenters. The zero-order valence-electron chi connectivity index (χ0n) is 20.5. The Hall–Kier alpha value is -2.83. The lowest BCUT2D eigenvalue weighted by Gasteiger charge is -2.14. The highest BCUT2D eigenvalue weighted by atomic mass is 16.2. The van der Waals surface area contributed by atoms with Crippen molar-refractivity contribution in [2.24, 2.45) is 9.98 Å². The third-order valence-corrected chi connectivity index (χ3v) is 5.80. The van der Waals surface area contributed by atoms with E-state index < -0.39 is 17.1 Å². The van der Waals surface area contributed by atoms with Crippen molar-refractivity contribution in [3.05, 3.63) is 31.5 Å². The van der Waals surface area contributed by atoms with Crippen molar-refractivity contribution in [2.75, 3.05) is 13.1 Å². The summed E-state index contributed by atoms with van der Waals surface area (Å²) in [7, 11) is 0. The number of aliphatic imine (C=N–C) groups is 2. The summed E-state index contributed by atoms with van der Waals surface area (Å²) >= 11 is 0. The fourth-order valence-electron chi connectivity index (χ4n) is 3.85. The molecule has 0 radical (unpaired) electrons. The molecule has 34 heavy (non-hydrogen) atoms. The predicted octanol–water partition coefficient (Wildman–Crippen LogP) is 2.93. The Labute approximate surface area is 200 Å². The monoisotopic (exact) mass is 477 g/mol. The van der Waals surface area contributed by atoms with E-state index in [4.69, 9.17) is 0 Å². The molecule has 0 fully saturated rings. The Morgan fingerprint density at radius 2 is 0.853 bits per heavy atom. The van der Waals surface area contributed by atoms with Gasteiger partial charge in [0.15, 0.2) is 0 Å². The third-order valence-electron chi connectivity index (χ3n) is 5.80. The van der Waals surface area contributed by atoms with Gasteiger partial charge >= 0.3 is 17.1 Å². The second-order valence-electron chi connectivity index (χ2n) is 8.49. The molecule has 0 aromatic carbocycles. The van der Waals surface area contributed by atoms with E-state index in [1.807, 2.05) is 0 Å². The Bertz CT molecular complexity index is 913. The molecule has 1 aromatic rings. The molecule has 0 N–H and O–H groups in total. The molecule has 0 aliphatic rings. The van der Waals surface area contributed by atoms with Gasteiger partial charge in [-0.15, -0.1) is 0 Å². The number of hydrogen-bond donors (Lipinski definition) is 0. The van der Waals surface area contributed by atoms with Gasteiger partial charge in [-0.2, -0.15) is 0 Å². The van der Waals surface area contributed by atoms with Crippen LogP contribution in [0.5, 0.6) is 0 Å². The van der Waals surface area contributed by atoms with Crippen LogP contribution in [0.15, 0.2) is 24.4 Å². The van der Waals surface area contributed by atoms with E-state index in [0.717, 1.165) is 70.6 Å². The van der Waals surface area contributed by atoms with Crippen molar-refractivity contribution >= 4 is 12.2 Å². The lowest BCUT2D eigenvalue weighted by Crippen LogP contribution is -2.54. The van der Waals surface area contributed by atoms with Gasteiger partial charge in [-0.05, 0) is 32.1 Å². The standard InChI is InChI=1S/C24H39N5O5/c1-2-3-4-7-12-17-27-22(32)28(18-13-8-5-10-15-25-20-30)24(34)29(23(27)33)19-14-9-6-11-16-26-21-31/h2-19H2,1H3. The minimum absolute atomic E-state index is 0.258. The molecule has 0 unspecified atom stereocenters. The second kappa shape index (κ2) is 18.6. The highest BCUT2D eigenvalue weighted by molar-refractivity contribution is 5.32. The van der Waals surface area contributed by atoms with E-state index in [0.29, 0.717) is 32.5 Å². The van der Waals surface area contributed by atoms with Crippen LogP contribution in [0.1, 0.15) is 90.4 Å². The predicted molar refractivity (Wildman–Crippen MR) is 131 cm³/mol. The van der Waals surface area contributed by atoms with Crippen LogP contribution in [0.25, 0.3) is 0 Å². The number of aromatic nitrogens is 3. The minimum Gasteiger partial charge on any atom is -0.247 e. The van der Waals surface area contributed by atoms with Gasteiger partial charge in [-0.3, -0.25) is 0 Å². The van der Waals surface area contributed by atoms with E-state index in [1.54, 1.807) is 0 Å². The number of rotatable bonds is 20. The van der Waals surface area contributed by atoms with E-state index in [2.05, 4.69) is 16.9 Å². The summed E-state index contributed by atoms with van der Waals surface area (Å²) in [5.41, 5.74) is -1.61. The van der Waals surface area contributed by atoms with Crippen molar-refractivity contribution in [3.8, 4) is 0 Å². The first-order chi connectivity index (χ1) is 16.6. The van der Waals surface area contributed by atoms with Crippen LogP contribution in [0.3, 0.4) is 0 Å². The Morgan fingerprint density at radius 3 is 1.18 bits per heavy atom. The summed E-state index contributed by atoms with van der Waals surface area (Å²) in [5.74, 6) is 0. The number of unbranched alkanes of at least 4 members (excludes halogenated alkanes) is 10. The Kier molecular flexibility index (Phi) is 16.0. The molecule has 0 saturated carbocycles. The van der Waals surface area contributed by atoms with E-state index in [9.17, 15) is 24.0 Å². The number of carbonyl (C=O) groups excluding carboxylic acids is 2. The van der Waals surface area contributed by atoms with Gasteiger partial charge in [0.1, 0.15) is 0 Å². The molecule has 1 rings (SSSR count). The van der Waals surface area contributed by atoms with Crippen LogP contribution in [-0.2, 0) is 29.2 Å². The second-order valence-corrected chi connectivity index (χ2v) is 8.49. The first kappa shape index (κ1) is 29.2. The first-order valence-corrected chi connectivity index (χ1v) is 12.6. The minimum atomic E-state index is -0.548. The van der Waals surface area contributed by atoms with Gasteiger partial charge < -0.3 is 0 Å².